The molecule has 0 unspecified atom stereocenters. The van der Waals surface area contributed by atoms with Crippen LogP contribution < -0.4 is 5.76 Å². The SMILES string of the molecule is CCCC(=O)c1ccc2c(c1)oc(=O)n2C. The molecular weight excluding hydrogens is 206 g/mol. The smallest absolute Gasteiger partial charge is 0.408 e. The third-order valence-corrected chi connectivity index (χ3v) is 2.59. The first-order valence-electron chi connectivity index (χ1n) is 5.26. The van der Waals surface area contributed by atoms with Gasteiger partial charge in [0.1, 0.15) is 0 Å². The minimum atomic E-state index is -0.407. The highest BCUT2D eigenvalue weighted by Crippen LogP contribution is 2.15. The number of nitrogens with zero attached hydrogens (tertiary/aromatic N) is 1. The van der Waals surface area contributed by atoms with Gasteiger partial charge < -0.3 is 4.42 Å². The van der Waals surface area contributed by atoms with Crippen molar-refractivity contribution in [3.8, 4) is 0 Å². The topological polar surface area (TPSA) is 52.2 Å². The predicted molar refractivity (Wildman–Crippen MR) is 60.7 cm³/mol. The number of Topliss-reactive ketones (excluding diaryl/α,β-unsaturated/α-hetero) is 1. The van der Waals surface area contributed by atoms with E-state index in [1.54, 1.807) is 25.2 Å². The molecule has 0 N–H and O–H groups in total. The van der Waals surface area contributed by atoms with Crippen LogP contribution in [0.5, 0.6) is 0 Å². The third-order valence-electron chi connectivity index (χ3n) is 2.59. The molecule has 0 aliphatic heterocycles. The van der Waals surface area contributed by atoms with Crippen LogP contribution in [0, 0.1) is 0 Å². The van der Waals surface area contributed by atoms with Crippen molar-refractivity contribution in [1.29, 1.82) is 0 Å². The molecule has 0 radical (unpaired) electrons. The van der Waals surface area contributed by atoms with E-state index in [2.05, 4.69) is 0 Å². The van der Waals surface area contributed by atoms with Crippen molar-refractivity contribution in [3.63, 3.8) is 0 Å². The molecule has 0 saturated heterocycles. The molecule has 1 heterocycles. The standard InChI is InChI=1S/C12H13NO3/c1-3-4-10(14)8-5-6-9-11(7-8)16-12(15)13(9)2/h5-7H,3-4H2,1-2H3. The summed E-state index contributed by atoms with van der Waals surface area (Å²) >= 11 is 0. The van der Waals surface area contributed by atoms with Gasteiger partial charge in [0, 0.05) is 19.0 Å². The molecule has 84 valence electrons. The first kappa shape index (κ1) is 10.7. The highest BCUT2D eigenvalue weighted by atomic mass is 16.4. The number of oxazole rings is 1. The first-order chi connectivity index (χ1) is 7.63. The highest BCUT2D eigenvalue weighted by Gasteiger charge is 2.10. The first-order valence-corrected chi connectivity index (χ1v) is 5.26. The number of rotatable bonds is 3. The van der Waals surface area contributed by atoms with Gasteiger partial charge >= 0.3 is 5.76 Å². The van der Waals surface area contributed by atoms with Crippen molar-refractivity contribution in [2.45, 2.75) is 19.8 Å². The molecule has 2 rings (SSSR count). The monoisotopic (exact) mass is 219 g/mol. The lowest BCUT2D eigenvalue weighted by atomic mass is 10.1. The second-order valence-corrected chi connectivity index (χ2v) is 3.78. The number of carbonyl (C=O) groups is 1. The molecular formula is C12H13NO3. The molecule has 0 aliphatic rings. The van der Waals surface area contributed by atoms with E-state index in [1.165, 1.54) is 4.57 Å². The van der Waals surface area contributed by atoms with E-state index < -0.39 is 5.76 Å². The van der Waals surface area contributed by atoms with Crippen LogP contribution >= 0.6 is 0 Å². The zero-order valence-electron chi connectivity index (χ0n) is 9.32. The van der Waals surface area contributed by atoms with E-state index in [0.717, 1.165) is 6.42 Å². The van der Waals surface area contributed by atoms with Gasteiger partial charge in [0.05, 0.1) is 5.52 Å². The maximum atomic E-state index is 11.7. The maximum Gasteiger partial charge on any atom is 0.419 e. The van der Waals surface area contributed by atoms with E-state index in [4.69, 9.17) is 4.42 Å². The van der Waals surface area contributed by atoms with Crippen molar-refractivity contribution in [2.75, 3.05) is 0 Å². The zero-order valence-corrected chi connectivity index (χ0v) is 9.32. The van der Waals surface area contributed by atoms with Gasteiger partial charge in [-0.15, -0.1) is 0 Å². The summed E-state index contributed by atoms with van der Waals surface area (Å²) in [4.78, 5) is 22.9. The average molecular weight is 219 g/mol. The van der Waals surface area contributed by atoms with E-state index in [9.17, 15) is 9.59 Å². The minimum Gasteiger partial charge on any atom is -0.408 e. The van der Waals surface area contributed by atoms with Crippen molar-refractivity contribution in [3.05, 3.63) is 34.3 Å². The Hall–Kier alpha value is -1.84. The van der Waals surface area contributed by atoms with Gasteiger partial charge in [-0.2, -0.15) is 0 Å². The van der Waals surface area contributed by atoms with Crippen LogP contribution in [0.25, 0.3) is 11.1 Å². The largest absolute Gasteiger partial charge is 0.419 e. The third kappa shape index (κ3) is 1.66. The van der Waals surface area contributed by atoms with Gasteiger partial charge in [-0.25, -0.2) is 4.79 Å². The molecule has 4 nitrogen and oxygen atoms in total. The average Bonchev–Trinajstić information content (AvgIpc) is 2.55. The van der Waals surface area contributed by atoms with Crippen molar-refractivity contribution in [2.24, 2.45) is 7.05 Å². The summed E-state index contributed by atoms with van der Waals surface area (Å²) in [6, 6.07) is 5.10. The van der Waals surface area contributed by atoms with E-state index in [1.807, 2.05) is 6.92 Å². The summed E-state index contributed by atoms with van der Waals surface area (Å²) in [6.07, 6.45) is 1.33. The Bertz CT molecular complexity index is 592. The van der Waals surface area contributed by atoms with Crippen LogP contribution in [0.2, 0.25) is 0 Å². The van der Waals surface area contributed by atoms with E-state index >= 15 is 0 Å². The molecule has 0 aliphatic carbocycles. The van der Waals surface area contributed by atoms with E-state index in [-0.39, 0.29) is 5.78 Å². The summed E-state index contributed by atoms with van der Waals surface area (Å²) in [7, 11) is 1.64. The summed E-state index contributed by atoms with van der Waals surface area (Å²) in [5, 5.41) is 0. The van der Waals surface area contributed by atoms with Gasteiger partial charge in [0.25, 0.3) is 0 Å². The van der Waals surface area contributed by atoms with E-state index in [0.29, 0.717) is 23.1 Å². The molecule has 0 amide bonds. The number of hydrogen-bond acceptors (Lipinski definition) is 3. The number of aryl methyl sites for hydroxylation is 1. The van der Waals surface area contributed by atoms with Crippen LogP contribution in [0.4, 0.5) is 0 Å². The van der Waals surface area contributed by atoms with Crippen LogP contribution in [-0.4, -0.2) is 10.4 Å². The number of hydrogen-bond donors (Lipinski definition) is 0. The molecule has 0 atom stereocenters. The number of benzene rings is 1. The Morgan fingerprint density at radius 1 is 1.44 bits per heavy atom. The van der Waals surface area contributed by atoms with Gasteiger partial charge in [-0.1, -0.05) is 6.92 Å². The number of aromatic nitrogens is 1. The fourth-order valence-electron chi connectivity index (χ4n) is 1.68. The Morgan fingerprint density at radius 3 is 2.88 bits per heavy atom. The summed E-state index contributed by atoms with van der Waals surface area (Å²) in [6.45, 7) is 1.96. The molecule has 16 heavy (non-hydrogen) atoms. The molecule has 0 saturated carbocycles. The molecule has 0 fully saturated rings. The number of carbonyl (C=O) groups excluding carboxylic acids is 1. The molecule has 1 aromatic heterocycles. The molecule has 0 bridgehead atoms. The van der Waals surface area contributed by atoms with Crippen LogP contribution in [0.15, 0.2) is 27.4 Å². The van der Waals surface area contributed by atoms with Crippen molar-refractivity contribution >= 4 is 16.9 Å². The van der Waals surface area contributed by atoms with Crippen molar-refractivity contribution < 1.29 is 9.21 Å². The second-order valence-electron chi connectivity index (χ2n) is 3.78. The van der Waals surface area contributed by atoms with Crippen LogP contribution in [-0.2, 0) is 7.05 Å². The Kier molecular flexibility index (Phi) is 2.64. The Labute approximate surface area is 92.5 Å². The second kappa shape index (κ2) is 3.96. The Morgan fingerprint density at radius 2 is 2.19 bits per heavy atom. The fourth-order valence-corrected chi connectivity index (χ4v) is 1.68. The lowest BCUT2D eigenvalue weighted by Crippen LogP contribution is -2.08. The fraction of sp³-hybridized carbons (Fsp3) is 0.333. The lowest BCUT2D eigenvalue weighted by molar-refractivity contribution is 0.0982. The van der Waals surface area contributed by atoms with Crippen molar-refractivity contribution in [1.82, 2.24) is 4.57 Å². The van der Waals surface area contributed by atoms with Gasteiger partial charge in [0.15, 0.2) is 11.4 Å². The molecule has 1 aromatic carbocycles. The highest BCUT2D eigenvalue weighted by molar-refractivity contribution is 5.98. The molecule has 4 heteroatoms. The molecule has 0 spiro atoms. The Balaban J connectivity index is 2.52. The van der Waals surface area contributed by atoms with Crippen LogP contribution in [0.1, 0.15) is 30.1 Å². The summed E-state index contributed by atoms with van der Waals surface area (Å²) in [5.41, 5.74) is 1.77. The van der Waals surface area contributed by atoms with Gasteiger partial charge in [-0.05, 0) is 24.6 Å². The summed E-state index contributed by atoms with van der Waals surface area (Å²) in [5.74, 6) is -0.328. The van der Waals surface area contributed by atoms with Gasteiger partial charge in [-0.3, -0.25) is 9.36 Å². The molecule has 2 aromatic rings. The van der Waals surface area contributed by atoms with Gasteiger partial charge in [0.2, 0.25) is 0 Å². The summed E-state index contributed by atoms with van der Waals surface area (Å²) < 4.78 is 6.44. The predicted octanol–water partition coefficient (Wildman–Crippen LogP) is 2.11. The minimum absolute atomic E-state index is 0.0795. The zero-order chi connectivity index (χ0) is 11.7. The normalized spacial score (nSPS) is 10.9. The quantitative estimate of drug-likeness (QED) is 0.743. The lowest BCUT2D eigenvalue weighted by Gasteiger charge is -1.98. The van der Waals surface area contributed by atoms with Crippen LogP contribution in [0.3, 0.4) is 0 Å². The maximum absolute atomic E-state index is 11.7. The number of fused-ring (bicyclic) bond motifs is 1. The number of ketones is 1.